The molecule has 1 rings (SSSR count). The van der Waals surface area contributed by atoms with Crippen LogP contribution in [0.5, 0.6) is 0 Å². The molecular weight excluding hydrogens is 240 g/mol. The fourth-order valence-electron chi connectivity index (χ4n) is 1.77. The van der Waals surface area contributed by atoms with E-state index in [0.717, 1.165) is 30.8 Å². The Morgan fingerprint density at radius 3 is 2.59 bits per heavy atom. The van der Waals surface area contributed by atoms with E-state index in [4.69, 9.17) is 5.11 Å². The van der Waals surface area contributed by atoms with Crippen LogP contribution in [0.2, 0.25) is 0 Å². The molecule has 1 saturated heterocycles. The fraction of sp³-hybridized carbons (Fsp3) is 0.818. The summed E-state index contributed by atoms with van der Waals surface area (Å²) in [5.41, 5.74) is 0. The smallest absolute Gasteiger partial charge is 0.326 e. The monoisotopic (exact) mass is 260 g/mol. The number of thioether (sulfide) groups is 1. The molecule has 5 nitrogen and oxygen atoms in total. The molecule has 0 saturated carbocycles. The maximum Gasteiger partial charge on any atom is 0.326 e. The largest absolute Gasteiger partial charge is 0.480 e. The summed E-state index contributed by atoms with van der Waals surface area (Å²) in [6.07, 6.45) is 3.12. The molecule has 6 heteroatoms. The van der Waals surface area contributed by atoms with E-state index >= 15 is 0 Å². The molecule has 0 radical (unpaired) electrons. The zero-order chi connectivity index (χ0) is 12.7. The van der Waals surface area contributed by atoms with Crippen LogP contribution in [-0.2, 0) is 4.79 Å². The van der Waals surface area contributed by atoms with Crippen molar-refractivity contribution in [2.75, 3.05) is 11.5 Å². The van der Waals surface area contributed by atoms with Crippen LogP contribution in [0.3, 0.4) is 0 Å². The van der Waals surface area contributed by atoms with Gasteiger partial charge < -0.3 is 15.7 Å². The highest BCUT2D eigenvalue weighted by Crippen LogP contribution is 2.16. The van der Waals surface area contributed by atoms with Crippen molar-refractivity contribution in [2.45, 2.75) is 44.7 Å². The second-order valence-electron chi connectivity index (χ2n) is 4.18. The molecule has 0 spiro atoms. The second-order valence-corrected chi connectivity index (χ2v) is 5.41. The summed E-state index contributed by atoms with van der Waals surface area (Å²) in [4.78, 5) is 22.5. The summed E-state index contributed by atoms with van der Waals surface area (Å²) >= 11 is 1.89. The second kappa shape index (κ2) is 7.42. The summed E-state index contributed by atoms with van der Waals surface area (Å²) in [5.74, 6) is 1.14. The summed E-state index contributed by atoms with van der Waals surface area (Å²) in [5, 5.41) is 14.3. The van der Waals surface area contributed by atoms with Crippen molar-refractivity contribution in [3.05, 3.63) is 0 Å². The van der Waals surface area contributed by atoms with Gasteiger partial charge in [-0.2, -0.15) is 11.8 Å². The van der Waals surface area contributed by atoms with Crippen molar-refractivity contribution in [3.63, 3.8) is 0 Å². The molecule has 0 aromatic heterocycles. The van der Waals surface area contributed by atoms with Crippen molar-refractivity contribution < 1.29 is 14.7 Å². The molecule has 3 N–H and O–H groups in total. The van der Waals surface area contributed by atoms with Gasteiger partial charge in [0.25, 0.3) is 0 Å². The zero-order valence-electron chi connectivity index (χ0n) is 10.1. The van der Waals surface area contributed by atoms with Gasteiger partial charge in [0.05, 0.1) is 0 Å². The number of carboxylic acids is 1. The number of carbonyl (C=O) groups is 2. The van der Waals surface area contributed by atoms with Crippen LogP contribution in [0.25, 0.3) is 0 Å². The van der Waals surface area contributed by atoms with Crippen LogP contribution in [0.15, 0.2) is 0 Å². The maximum absolute atomic E-state index is 11.6. The van der Waals surface area contributed by atoms with E-state index in [1.54, 1.807) is 0 Å². The molecule has 0 bridgehead atoms. The number of hydrogen-bond donors (Lipinski definition) is 3. The van der Waals surface area contributed by atoms with Crippen molar-refractivity contribution in [3.8, 4) is 0 Å². The first kappa shape index (κ1) is 14.2. The maximum atomic E-state index is 11.6. The van der Waals surface area contributed by atoms with Crippen LogP contribution >= 0.6 is 11.8 Å². The summed E-state index contributed by atoms with van der Waals surface area (Å²) in [6, 6.07) is -0.951. The summed E-state index contributed by atoms with van der Waals surface area (Å²) < 4.78 is 0. The molecule has 0 aromatic carbocycles. The predicted octanol–water partition coefficient (Wildman–Crippen LogP) is 1.43. The van der Waals surface area contributed by atoms with Crippen LogP contribution in [0.4, 0.5) is 4.79 Å². The normalized spacial score (nSPS) is 18.4. The lowest BCUT2D eigenvalue weighted by Crippen LogP contribution is -2.49. The Kier molecular flexibility index (Phi) is 6.18. The average Bonchev–Trinajstić information content (AvgIpc) is 2.29. The van der Waals surface area contributed by atoms with Gasteiger partial charge in [-0.15, -0.1) is 0 Å². The predicted molar refractivity (Wildman–Crippen MR) is 68.3 cm³/mol. The minimum absolute atomic E-state index is 0.187. The lowest BCUT2D eigenvalue weighted by molar-refractivity contribution is -0.139. The number of hydrogen-bond acceptors (Lipinski definition) is 3. The van der Waals surface area contributed by atoms with E-state index in [9.17, 15) is 9.59 Å². The van der Waals surface area contributed by atoms with Crippen molar-refractivity contribution >= 4 is 23.8 Å². The van der Waals surface area contributed by atoms with Gasteiger partial charge in [0, 0.05) is 6.04 Å². The van der Waals surface area contributed by atoms with Gasteiger partial charge in [-0.25, -0.2) is 9.59 Å². The molecule has 17 heavy (non-hydrogen) atoms. The van der Waals surface area contributed by atoms with Crippen LogP contribution in [-0.4, -0.2) is 40.7 Å². The number of urea groups is 1. The SMILES string of the molecule is CCCC(NC(=O)NC1CCSCC1)C(=O)O. The average molecular weight is 260 g/mol. The molecular formula is C11H20N2O3S. The Bertz CT molecular complexity index is 267. The molecule has 1 atom stereocenters. The molecule has 0 aliphatic carbocycles. The first-order valence-electron chi connectivity index (χ1n) is 6.01. The van der Waals surface area contributed by atoms with Crippen LogP contribution in [0, 0.1) is 0 Å². The molecule has 1 unspecified atom stereocenters. The lowest BCUT2D eigenvalue weighted by atomic mass is 10.1. The van der Waals surface area contributed by atoms with Gasteiger partial charge in [0.15, 0.2) is 0 Å². The zero-order valence-corrected chi connectivity index (χ0v) is 10.9. The van der Waals surface area contributed by atoms with E-state index in [-0.39, 0.29) is 12.1 Å². The molecule has 1 aliphatic heterocycles. The third-order valence-corrected chi connectivity index (χ3v) is 3.79. The van der Waals surface area contributed by atoms with Gasteiger partial charge in [0.2, 0.25) is 0 Å². The minimum Gasteiger partial charge on any atom is -0.480 e. The van der Waals surface area contributed by atoms with E-state index in [2.05, 4.69) is 10.6 Å². The van der Waals surface area contributed by atoms with Gasteiger partial charge in [-0.05, 0) is 30.8 Å². The molecule has 0 aromatic rings. The van der Waals surface area contributed by atoms with Crippen molar-refractivity contribution in [1.29, 1.82) is 0 Å². The summed E-state index contributed by atoms with van der Waals surface area (Å²) in [6.45, 7) is 1.90. The van der Waals surface area contributed by atoms with Crippen molar-refractivity contribution in [2.24, 2.45) is 0 Å². The number of rotatable bonds is 5. The third kappa shape index (κ3) is 5.30. The molecule has 1 heterocycles. The van der Waals surface area contributed by atoms with Gasteiger partial charge in [-0.1, -0.05) is 13.3 Å². The Balaban J connectivity index is 2.33. The molecule has 98 valence electrons. The third-order valence-electron chi connectivity index (χ3n) is 2.74. The fourth-order valence-corrected chi connectivity index (χ4v) is 2.88. The van der Waals surface area contributed by atoms with Crippen LogP contribution < -0.4 is 10.6 Å². The Labute approximate surface area is 106 Å². The van der Waals surface area contributed by atoms with Gasteiger partial charge >= 0.3 is 12.0 Å². The Morgan fingerprint density at radius 2 is 2.06 bits per heavy atom. The van der Waals surface area contributed by atoms with Gasteiger partial charge in [-0.3, -0.25) is 0 Å². The Hall–Kier alpha value is -0.910. The highest BCUT2D eigenvalue weighted by Gasteiger charge is 2.21. The molecule has 1 aliphatic rings. The lowest BCUT2D eigenvalue weighted by Gasteiger charge is -2.23. The molecule has 1 fully saturated rings. The van der Waals surface area contributed by atoms with Crippen molar-refractivity contribution in [1.82, 2.24) is 10.6 Å². The first-order chi connectivity index (χ1) is 8.13. The quantitative estimate of drug-likeness (QED) is 0.699. The topological polar surface area (TPSA) is 78.4 Å². The van der Waals surface area contributed by atoms with E-state index < -0.39 is 12.0 Å². The number of carboxylic acid groups (broad SMARTS) is 1. The first-order valence-corrected chi connectivity index (χ1v) is 7.16. The number of aliphatic carboxylic acids is 1. The minimum atomic E-state index is -0.971. The number of carbonyl (C=O) groups excluding carboxylic acids is 1. The number of nitrogens with one attached hydrogen (secondary N) is 2. The number of amides is 2. The Morgan fingerprint density at radius 1 is 1.41 bits per heavy atom. The molecule has 2 amide bonds. The summed E-state index contributed by atoms with van der Waals surface area (Å²) in [7, 11) is 0. The highest BCUT2D eigenvalue weighted by atomic mass is 32.2. The highest BCUT2D eigenvalue weighted by molar-refractivity contribution is 7.99. The van der Waals surface area contributed by atoms with Crippen LogP contribution in [0.1, 0.15) is 32.6 Å². The van der Waals surface area contributed by atoms with E-state index in [0.29, 0.717) is 6.42 Å². The van der Waals surface area contributed by atoms with E-state index in [1.165, 1.54) is 0 Å². The van der Waals surface area contributed by atoms with E-state index in [1.807, 2.05) is 18.7 Å². The standard InChI is InChI=1S/C11H20N2O3S/c1-2-3-9(10(14)15)13-11(16)12-8-4-6-17-7-5-8/h8-9H,2-7H2,1H3,(H,14,15)(H2,12,13,16). The van der Waals surface area contributed by atoms with Gasteiger partial charge in [0.1, 0.15) is 6.04 Å².